The lowest BCUT2D eigenvalue weighted by molar-refractivity contribution is -0.124. The van der Waals surface area contributed by atoms with Crippen molar-refractivity contribution in [1.82, 2.24) is 20.7 Å². The van der Waals surface area contributed by atoms with E-state index >= 15 is 0 Å². The van der Waals surface area contributed by atoms with E-state index in [4.69, 9.17) is 5.21 Å². The molecule has 130 valence electrons. The first-order valence-electron chi connectivity index (χ1n) is 7.65. The lowest BCUT2D eigenvalue weighted by Gasteiger charge is -2.09. The van der Waals surface area contributed by atoms with Gasteiger partial charge in [-0.15, -0.1) is 0 Å². The van der Waals surface area contributed by atoms with Crippen molar-refractivity contribution in [3.05, 3.63) is 72.1 Å². The second-order valence-corrected chi connectivity index (χ2v) is 5.26. The minimum Gasteiger partial charge on any atom is -0.321 e. The van der Waals surface area contributed by atoms with Gasteiger partial charge in [-0.25, -0.2) is 10.5 Å². The van der Waals surface area contributed by atoms with E-state index in [1.807, 2.05) is 0 Å². The largest absolute Gasteiger partial charge is 0.321 e. The fraction of sp³-hybridized carbons (Fsp3) is 0. The van der Waals surface area contributed by atoms with Crippen molar-refractivity contribution in [1.29, 1.82) is 0 Å². The zero-order chi connectivity index (χ0) is 18.4. The standard InChI is InChI=1S/C18H15N5O3/c24-16(23-26)10-9-12-3-1-2-4-15(12)21-18(25)14-7-5-13(6-8-14)17-19-11-20-22-17/h1-11,26H,(H,21,25)(H,23,24)(H,19,20,22). The van der Waals surface area contributed by atoms with Crippen LogP contribution in [-0.2, 0) is 4.79 Å². The number of hydroxylamine groups is 1. The monoisotopic (exact) mass is 349 g/mol. The summed E-state index contributed by atoms with van der Waals surface area (Å²) in [5.41, 5.74) is 3.97. The number of hydrogen-bond donors (Lipinski definition) is 4. The molecule has 8 heteroatoms. The van der Waals surface area contributed by atoms with Crippen molar-refractivity contribution in [2.24, 2.45) is 0 Å². The lowest BCUT2D eigenvalue weighted by Crippen LogP contribution is -2.15. The number of carbonyl (C=O) groups is 2. The summed E-state index contributed by atoms with van der Waals surface area (Å²) in [6.45, 7) is 0. The van der Waals surface area contributed by atoms with E-state index in [1.54, 1.807) is 48.5 Å². The Kier molecular flexibility index (Phi) is 5.16. The Balaban J connectivity index is 1.76. The van der Waals surface area contributed by atoms with Gasteiger partial charge in [0, 0.05) is 22.9 Å². The summed E-state index contributed by atoms with van der Waals surface area (Å²) in [7, 11) is 0. The van der Waals surface area contributed by atoms with Crippen molar-refractivity contribution in [2.75, 3.05) is 5.32 Å². The minimum atomic E-state index is -0.658. The van der Waals surface area contributed by atoms with Crippen molar-refractivity contribution >= 4 is 23.6 Å². The number of para-hydroxylation sites is 1. The van der Waals surface area contributed by atoms with Crippen molar-refractivity contribution in [3.8, 4) is 11.4 Å². The van der Waals surface area contributed by atoms with Gasteiger partial charge >= 0.3 is 0 Å². The molecule has 0 radical (unpaired) electrons. The molecule has 0 bridgehead atoms. The molecule has 1 heterocycles. The van der Waals surface area contributed by atoms with Crippen LogP contribution in [0.15, 0.2) is 60.9 Å². The maximum atomic E-state index is 12.5. The second-order valence-electron chi connectivity index (χ2n) is 5.26. The van der Waals surface area contributed by atoms with E-state index in [1.165, 1.54) is 17.9 Å². The first-order valence-corrected chi connectivity index (χ1v) is 7.65. The molecule has 4 N–H and O–H groups in total. The predicted molar refractivity (Wildman–Crippen MR) is 95.2 cm³/mol. The van der Waals surface area contributed by atoms with Crippen LogP contribution in [0.3, 0.4) is 0 Å². The zero-order valence-corrected chi connectivity index (χ0v) is 13.5. The second kappa shape index (κ2) is 7.86. The molecule has 0 aliphatic rings. The first kappa shape index (κ1) is 17.1. The van der Waals surface area contributed by atoms with Crippen molar-refractivity contribution < 1.29 is 14.8 Å². The number of nitrogens with one attached hydrogen (secondary N) is 3. The third kappa shape index (κ3) is 4.00. The van der Waals surface area contributed by atoms with Gasteiger partial charge in [-0.2, -0.15) is 5.10 Å². The number of anilines is 1. The molecule has 0 aliphatic heterocycles. The molecule has 2 aromatic carbocycles. The van der Waals surface area contributed by atoms with Crippen LogP contribution in [0.4, 0.5) is 5.69 Å². The quantitative estimate of drug-likeness (QED) is 0.320. The molecule has 3 aromatic rings. The smallest absolute Gasteiger partial charge is 0.267 e. The van der Waals surface area contributed by atoms with Gasteiger partial charge in [0.25, 0.3) is 11.8 Å². The number of benzene rings is 2. The molecule has 2 amide bonds. The van der Waals surface area contributed by atoms with Gasteiger partial charge in [-0.1, -0.05) is 30.3 Å². The van der Waals surface area contributed by atoms with Gasteiger partial charge in [-0.3, -0.25) is 19.9 Å². The highest BCUT2D eigenvalue weighted by Crippen LogP contribution is 2.19. The van der Waals surface area contributed by atoms with Crippen molar-refractivity contribution in [3.63, 3.8) is 0 Å². The number of hydrogen-bond acceptors (Lipinski definition) is 5. The fourth-order valence-corrected chi connectivity index (χ4v) is 2.28. The molecule has 0 fully saturated rings. The van der Waals surface area contributed by atoms with Gasteiger partial charge < -0.3 is 5.32 Å². The van der Waals surface area contributed by atoms with E-state index in [9.17, 15) is 9.59 Å². The van der Waals surface area contributed by atoms with Crippen LogP contribution in [0.5, 0.6) is 0 Å². The minimum absolute atomic E-state index is 0.290. The number of carbonyl (C=O) groups excluding carboxylic acids is 2. The summed E-state index contributed by atoms with van der Waals surface area (Å²) in [4.78, 5) is 27.6. The molecule has 0 unspecified atom stereocenters. The van der Waals surface area contributed by atoms with Gasteiger partial charge in [-0.05, 0) is 29.8 Å². The van der Waals surface area contributed by atoms with E-state index in [2.05, 4.69) is 20.5 Å². The van der Waals surface area contributed by atoms with Crippen LogP contribution < -0.4 is 10.8 Å². The number of aromatic nitrogens is 3. The summed E-state index contributed by atoms with van der Waals surface area (Å²) >= 11 is 0. The van der Waals surface area contributed by atoms with Crippen LogP contribution in [-0.4, -0.2) is 32.2 Å². The summed E-state index contributed by atoms with van der Waals surface area (Å²) in [5.74, 6) is -0.328. The highest BCUT2D eigenvalue weighted by Gasteiger charge is 2.09. The van der Waals surface area contributed by atoms with Gasteiger partial charge in [0.2, 0.25) is 0 Å². The molecule has 0 saturated carbocycles. The molecule has 1 aromatic heterocycles. The molecule has 0 spiro atoms. The topological polar surface area (TPSA) is 120 Å². The van der Waals surface area contributed by atoms with E-state index in [0.29, 0.717) is 22.6 Å². The van der Waals surface area contributed by atoms with E-state index in [-0.39, 0.29) is 5.91 Å². The third-order valence-corrected chi connectivity index (χ3v) is 3.57. The van der Waals surface area contributed by atoms with Crippen molar-refractivity contribution in [2.45, 2.75) is 0 Å². The number of H-pyrrole nitrogens is 1. The number of aromatic amines is 1. The predicted octanol–water partition coefficient (Wildman–Crippen LogP) is 2.24. The first-order chi connectivity index (χ1) is 12.7. The normalized spacial score (nSPS) is 10.7. The SMILES string of the molecule is O=C(C=Cc1ccccc1NC(=O)c1ccc(-c2ncn[nH]2)cc1)NO. The van der Waals surface area contributed by atoms with Crippen LogP contribution >= 0.6 is 0 Å². The van der Waals surface area contributed by atoms with Gasteiger partial charge in [0.15, 0.2) is 5.82 Å². The molecule has 0 saturated heterocycles. The average molecular weight is 349 g/mol. The highest BCUT2D eigenvalue weighted by atomic mass is 16.5. The Hall–Kier alpha value is -3.78. The van der Waals surface area contributed by atoms with Crippen LogP contribution in [0.25, 0.3) is 17.5 Å². The molecule has 3 rings (SSSR count). The Bertz CT molecular complexity index is 934. The van der Waals surface area contributed by atoms with E-state index in [0.717, 1.165) is 11.6 Å². The number of nitrogens with zero attached hydrogens (tertiary/aromatic N) is 2. The molecular weight excluding hydrogens is 334 g/mol. The Morgan fingerprint density at radius 2 is 1.85 bits per heavy atom. The third-order valence-electron chi connectivity index (χ3n) is 3.57. The Morgan fingerprint density at radius 3 is 2.54 bits per heavy atom. The van der Waals surface area contributed by atoms with Gasteiger partial charge in [0.1, 0.15) is 6.33 Å². The molecule has 0 aliphatic carbocycles. The van der Waals surface area contributed by atoms with E-state index < -0.39 is 5.91 Å². The highest BCUT2D eigenvalue weighted by molar-refractivity contribution is 6.05. The molecular formula is C18H15N5O3. The number of amides is 2. The average Bonchev–Trinajstić information content (AvgIpc) is 3.22. The zero-order valence-electron chi connectivity index (χ0n) is 13.5. The summed E-state index contributed by atoms with van der Waals surface area (Å²) in [6.07, 6.45) is 4.07. The lowest BCUT2D eigenvalue weighted by atomic mass is 10.1. The maximum Gasteiger partial charge on any atom is 0.267 e. The molecule has 26 heavy (non-hydrogen) atoms. The van der Waals surface area contributed by atoms with Crippen LogP contribution in [0.2, 0.25) is 0 Å². The Morgan fingerprint density at radius 1 is 1.08 bits per heavy atom. The van der Waals surface area contributed by atoms with Gasteiger partial charge in [0.05, 0.1) is 0 Å². The Labute approximate surface area is 148 Å². The maximum absolute atomic E-state index is 12.5. The number of rotatable bonds is 5. The summed E-state index contributed by atoms with van der Waals surface area (Å²) in [5, 5.41) is 17.9. The fourth-order valence-electron chi connectivity index (χ4n) is 2.28. The summed E-state index contributed by atoms with van der Waals surface area (Å²) in [6, 6.07) is 13.9. The molecule has 8 nitrogen and oxygen atoms in total. The summed E-state index contributed by atoms with van der Waals surface area (Å²) < 4.78 is 0. The van der Waals surface area contributed by atoms with Crippen LogP contribution in [0, 0.1) is 0 Å². The van der Waals surface area contributed by atoms with Crippen LogP contribution in [0.1, 0.15) is 15.9 Å². The molecule has 0 atom stereocenters.